The second kappa shape index (κ2) is 12.5. The van der Waals surface area contributed by atoms with E-state index in [9.17, 15) is 18.0 Å². The summed E-state index contributed by atoms with van der Waals surface area (Å²) in [5.74, 6) is 0.666. The zero-order valence-corrected chi connectivity index (χ0v) is 24.6. The molecule has 0 saturated heterocycles. The fourth-order valence-electron chi connectivity index (χ4n) is 5.01. The topological polar surface area (TPSA) is 65.7 Å². The number of hydrogen-bond acceptors (Lipinski definition) is 5. The third kappa shape index (κ3) is 6.25. The molecule has 1 aromatic heterocycles. The number of para-hydroxylation sites is 1. The van der Waals surface area contributed by atoms with Crippen molar-refractivity contribution in [3.8, 4) is 22.9 Å². The van der Waals surface area contributed by atoms with Gasteiger partial charge in [0.2, 0.25) is 0 Å². The normalized spacial score (nSPS) is 11.8. The Balaban J connectivity index is 1.39. The number of ether oxygens (including phenoxy) is 2. The van der Waals surface area contributed by atoms with Crippen molar-refractivity contribution in [1.29, 1.82) is 0 Å². The van der Waals surface area contributed by atoms with Crippen LogP contribution < -0.4 is 15.0 Å². The van der Waals surface area contributed by atoms with E-state index in [0.29, 0.717) is 29.2 Å². The minimum absolute atomic E-state index is 0.0489. The van der Waals surface area contributed by atoms with Gasteiger partial charge in [0.15, 0.2) is 17.3 Å². The summed E-state index contributed by atoms with van der Waals surface area (Å²) in [5.41, 5.74) is 0.435. The molecule has 226 valence electrons. The summed E-state index contributed by atoms with van der Waals surface area (Å²) in [6, 6.07) is 28.4. The number of alkyl halides is 3. The van der Waals surface area contributed by atoms with Gasteiger partial charge in [-0.25, -0.2) is 4.98 Å². The number of nitrogens with zero attached hydrogens (tertiary/aromatic N) is 3. The van der Waals surface area contributed by atoms with Crippen molar-refractivity contribution >= 4 is 39.5 Å². The van der Waals surface area contributed by atoms with Crippen LogP contribution in [0.15, 0.2) is 113 Å². The van der Waals surface area contributed by atoms with Crippen molar-refractivity contribution < 1.29 is 22.6 Å². The fourth-order valence-corrected chi connectivity index (χ4v) is 5.28. The second-order valence-corrected chi connectivity index (χ2v) is 10.5. The quantitative estimate of drug-likeness (QED) is 0.158. The van der Waals surface area contributed by atoms with E-state index in [4.69, 9.17) is 21.1 Å². The first-order chi connectivity index (χ1) is 21.7. The van der Waals surface area contributed by atoms with Gasteiger partial charge in [-0.05, 0) is 65.2 Å². The molecule has 0 bridgehead atoms. The number of rotatable bonds is 8. The van der Waals surface area contributed by atoms with Gasteiger partial charge in [0.1, 0.15) is 6.61 Å². The predicted octanol–water partition coefficient (Wildman–Crippen LogP) is 8.75. The summed E-state index contributed by atoms with van der Waals surface area (Å²) in [6.07, 6.45) is -3.21. The zero-order chi connectivity index (χ0) is 31.6. The van der Waals surface area contributed by atoms with Gasteiger partial charge in [0, 0.05) is 5.56 Å². The van der Waals surface area contributed by atoms with Crippen LogP contribution in [0.5, 0.6) is 11.5 Å². The highest BCUT2D eigenvalue weighted by Gasteiger charge is 2.31. The van der Waals surface area contributed by atoms with Gasteiger partial charge in [-0.15, -0.1) is 0 Å². The monoisotopic (exact) mass is 627 g/mol. The lowest BCUT2D eigenvalue weighted by atomic mass is 10.1. The summed E-state index contributed by atoms with van der Waals surface area (Å²) in [6.45, 7) is 2.40. The molecule has 6 nitrogen and oxygen atoms in total. The lowest BCUT2D eigenvalue weighted by molar-refractivity contribution is -0.137. The lowest BCUT2D eigenvalue weighted by Crippen LogP contribution is -2.20. The Hall–Kier alpha value is -5.15. The molecule has 5 aromatic carbocycles. The van der Waals surface area contributed by atoms with Gasteiger partial charge < -0.3 is 9.47 Å². The number of hydrogen-bond donors (Lipinski definition) is 0. The van der Waals surface area contributed by atoms with E-state index >= 15 is 0 Å². The maximum Gasteiger partial charge on any atom is 0.416 e. The van der Waals surface area contributed by atoms with Crippen LogP contribution in [-0.4, -0.2) is 22.5 Å². The van der Waals surface area contributed by atoms with Gasteiger partial charge in [-0.2, -0.15) is 22.9 Å². The van der Waals surface area contributed by atoms with E-state index < -0.39 is 17.3 Å². The first-order valence-corrected chi connectivity index (χ1v) is 14.4. The molecule has 0 radical (unpaired) electrons. The van der Waals surface area contributed by atoms with Crippen molar-refractivity contribution in [1.82, 2.24) is 9.66 Å². The van der Waals surface area contributed by atoms with E-state index in [1.807, 2.05) is 49.4 Å². The standard InChI is InChI=1S/C35H25ClF3N3O3/c1-2-44-31-18-22(17-29(36)32(31)45-21-25-12-7-10-23-9-3-4-14-27(23)25)20-40-42-33(24-11-8-13-26(19-24)35(37,38)39)41-30-16-6-5-15-28(30)34(42)43/h3-20H,2,21H2,1H3. The maximum absolute atomic E-state index is 13.5. The molecular weight excluding hydrogens is 603 g/mol. The van der Waals surface area contributed by atoms with Crippen molar-refractivity contribution in [2.45, 2.75) is 19.7 Å². The van der Waals surface area contributed by atoms with Crippen LogP contribution in [0.1, 0.15) is 23.6 Å². The predicted molar refractivity (Wildman–Crippen MR) is 170 cm³/mol. The van der Waals surface area contributed by atoms with E-state index in [-0.39, 0.29) is 28.4 Å². The maximum atomic E-state index is 13.5. The highest BCUT2D eigenvalue weighted by atomic mass is 35.5. The van der Waals surface area contributed by atoms with Gasteiger partial charge in [0.25, 0.3) is 5.56 Å². The third-order valence-corrected chi connectivity index (χ3v) is 7.39. The molecule has 0 spiro atoms. The lowest BCUT2D eigenvalue weighted by Gasteiger charge is -2.15. The Kier molecular flexibility index (Phi) is 8.28. The first-order valence-electron chi connectivity index (χ1n) is 14.0. The molecule has 10 heteroatoms. The molecule has 0 aliphatic carbocycles. The van der Waals surface area contributed by atoms with Crippen LogP contribution in [0.25, 0.3) is 33.1 Å². The molecule has 0 fully saturated rings. The van der Waals surface area contributed by atoms with Crippen molar-refractivity contribution in [3.63, 3.8) is 0 Å². The largest absolute Gasteiger partial charge is 0.490 e. The molecule has 0 aliphatic rings. The van der Waals surface area contributed by atoms with Crippen LogP contribution in [-0.2, 0) is 12.8 Å². The van der Waals surface area contributed by atoms with Crippen LogP contribution in [0, 0.1) is 0 Å². The van der Waals surface area contributed by atoms with E-state index in [0.717, 1.165) is 33.1 Å². The number of aromatic nitrogens is 2. The smallest absolute Gasteiger partial charge is 0.416 e. The van der Waals surface area contributed by atoms with Gasteiger partial charge in [0.05, 0.1) is 34.3 Å². The first kappa shape index (κ1) is 29.9. The molecule has 0 saturated carbocycles. The summed E-state index contributed by atoms with van der Waals surface area (Å²) in [4.78, 5) is 18.1. The highest BCUT2D eigenvalue weighted by molar-refractivity contribution is 6.32. The SMILES string of the molecule is CCOc1cc(C=Nn2c(-c3cccc(C(F)(F)F)c3)nc3ccccc3c2=O)cc(Cl)c1OCc1cccc2ccccc12. The molecular formula is C35H25ClF3N3O3. The van der Waals surface area contributed by atoms with Crippen LogP contribution in [0.3, 0.4) is 0 Å². The molecule has 1 heterocycles. The molecule has 6 aromatic rings. The van der Waals surface area contributed by atoms with Crippen LogP contribution in [0.4, 0.5) is 13.2 Å². The number of halogens is 4. The molecule has 0 N–H and O–H groups in total. The second-order valence-electron chi connectivity index (χ2n) is 10.1. The minimum Gasteiger partial charge on any atom is -0.490 e. The number of fused-ring (bicyclic) bond motifs is 2. The molecule has 45 heavy (non-hydrogen) atoms. The Labute approximate surface area is 260 Å². The van der Waals surface area contributed by atoms with E-state index in [1.54, 1.807) is 36.4 Å². The van der Waals surface area contributed by atoms with Gasteiger partial charge in [-0.3, -0.25) is 4.79 Å². The van der Waals surface area contributed by atoms with Crippen molar-refractivity contribution in [2.75, 3.05) is 6.61 Å². The Morgan fingerprint density at radius 1 is 0.889 bits per heavy atom. The summed E-state index contributed by atoms with van der Waals surface area (Å²) >= 11 is 6.68. The summed E-state index contributed by atoms with van der Waals surface area (Å²) in [5, 5.41) is 7.04. The molecule has 6 rings (SSSR count). The van der Waals surface area contributed by atoms with Crippen LogP contribution >= 0.6 is 11.6 Å². The molecule has 0 atom stereocenters. The van der Waals surface area contributed by atoms with Crippen molar-refractivity contribution in [3.05, 3.63) is 135 Å². The summed E-state index contributed by atoms with van der Waals surface area (Å²) < 4.78 is 53.6. The molecule has 0 unspecified atom stereocenters. The van der Waals surface area contributed by atoms with E-state index in [2.05, 4.69) is 10.1 Å². The minimum atomic E-state index is -4.58. The Morgan fingerprint density at radius 3 is 2.42 bits per heavy atom. The average Bonchev–Trinajstić information content (AvgIpc) is 3.04. The van der Waals surface area contributed by atoms with Crippen LogP contribution in [0.2, 0.25) is 5.02 Å². The number of benzene rings is 5. The highest BCUT2D eigenvalue weighted by Crippen LogP contribution is 2.37. The fraction of sp³-hybridized carbons (Fsp3) is 0.114. The Bertz CT molecular complexity index is 2120. The van der Waals surface area contributed by atoms with E-state index in [1.165, 1.54) is 18.3 Å². The zero-order valence-electron chi connectivity index (χ0n) is 23.9. The average molecular weight is 628 g/mol. The molecule has 0 aliphatic heterocycles. The van der Waals surface area contributed by atoms with Gasteiger partial charge >= 0.3 is 6.18 Å². The molecule has 0 amide bonds. The summed E-state index contributed by atoms with van der Waals surface area (Å²) in [7, 11) is 0. The Morgan fingerprint density at radius 2 is 1.62 bits per heavy atom. The van der Waals surface area contributed by atoms with Crippen molar-refractivity contribution in [2.24, 2.45) is 5.10 Å². The van der Waals surface area contributed by atoms with Gasteiger partial charge in [-0.1, -0.05) is 78.3 Å². The third-order valence-electron chi connectivity index (χ3n) is 7.11.